The first-order valence-electron chi connectivity index (χ1n) is 9.17. The molecular weight excluding hydrogens is 326 g/mol. The van der Waals surface area contributed by atoms with Gasteiger partial charge in [0.2, 0.25) is 0 Å². The van der Waals surface area contributed by atoms with Crippen molar-refractivity contribution in [2.45, 2.75) is 25.8 Å². The highest BCUT2D eigenvalue weighted by Gasteiger charge is 2.26. The van der Waals surface area contributed by atoms with Crippen molar-refractivity contribution in [1.82, 2.24) is 10.2 Å². The average molecular weight is 351 g/mol. The molecule has 0 spiro atoms. The molecule has 5 nitrogen and oxygen atoms in total. The maximum atomic E-state index is 12.9. The first kappa shape index (κ1) is 18.1. The van der Waals surface area contributed by atoms with Gasteiger partial charge in [-0.25, -0.2) is 0 Å². The molecule has 0 bridgehead atoms. The van der Waals surface area contributed by atoms with Crippen LogP contribution in [0.1, 0.15) is 40.5 Å². The molecule has 26 heavy (non-hydrogen) atoms. The van der Waals surface area contributed by atoms with Crippen LogP contribution in [0.3, 0.4) is 0 Å². The van der Waals surface area contributed by atoms with Gasteiger partial charge in [-0.05, 0) is 55.8 Å². The standard InChI is InChI=1S/C21H25N3O2/c1-2-14-24(19-12-13-22-15-19)21(26)17-8-10-18(11-9-17)23-20(25)16-6-4-3-5-7-16/h3-11,19,22H,2,12-15H2,1H3,(H,23,25). The lowest BCUT2D eigenvalue weighted by Gasteiger charge is -2.28. The number of nitrogens with one attached hydrogen (secondary N) is 2. The van der Waals surface area contributed by atoms with E-state index in [4.69, 9.17) is 0 Å². The number of anilines is 1. The summed E-state index contributed by atoms with van der Waals surface area (Å²) in [5.74, 6) is -0.101. The van der Waals surface area contributed by atoms with Gasteiger partial charge in [0.15, 0.2) is 0 Å². The zero-order valence-electron chi connectivity index (χ0n) is 15.1. The molecule has 1 unspecified atom stereocenters. The van der Waals surface area contributed by atoms with Crippen LogP contribution >= 0.6 is 0 Å². The number of rotatable bonds is 6. The van der Waals surface area contributed by atoms with Crippen molar-refractivity contribution in [2.24, 2.45) is 0 Å². The Kier molecular flexibility index (Phi) is 6.02. The van der Waals surface area contributed by atoms with Gasteiger partial charge in [0.25, 0.3) is 11.8 Å². The number of hydrogen-bond acceptors (Lipinski definition) is 3. The molecule has 1 atom stereocenters. The van der Waals surface area contributed by atoms with E-state index < -0.39 is 0 Å². The topological polar surface area (TPSA) is 61.4 Å². The quantitative estimate of drug-likeness (QED) is 0.840. The van der Waals surface area contributed by atoms with Crippen LogP contribution < -0.4 is 10.6 Å². The molecule has 1 saturated heterocycles. The summed E-state index contributed by atoms with van der Waals surface area (Å²) in [5, 5.41) is 6.18. The number of benzene rings is 2. The molecule has 0 aliphatic carbocycles. The predicted octanol–water partition coefficient (Wildman–Crippen LogP) is 3.15. The van der Waals surface area contributed by atoms with E-state index in [1.165, 1.54) is 0 Å². The first-order valence-corrected chi connectivity index (χ1v) is 9.17. The first-order chi connectivity index (χ1) is 12.7. The summed E-state index contributed by atoms with van der Waals surface area (Å²) in [5.41, 5.74) is 1.94. The molecule has 2 amide bonds. The van der Waals surface area contributed by atoms with E-state index in [1.54, 1.807) is 36.4 Å². The second-order valence-electron chi connectivity index (χ2n) is 6.54. The molecule has 2 aromatic carbocycles. The van der Waals surface area contributed by atoms with Crippen molar-refractivity contribution in [1.29, 1.82) is 0 Å². The van der Waals surface area contributed by atoms with E-state index in [2.05, 4.69) is 17.6 Å². The molecule has 2 N–H and O–H groups in total. The maximum absolute atomic E-state index is 12.9. The van der Waals surface area contributed by atoms with Gasteiger partial charge in [-0.15, -0.1) is 0 Å². The average Bonchev–Trinajstić information content (AvgIpc) is 3.21. The summed E-state index contributed by atoms with van der Waals surface area (Å²) in [7, 11) is 0. The Labute approximate surface area is 154 Å². The minimum Gasteiger partial charge on any atom is -0.334 e. The van der Waals surface area contributed by atoms with Crippen molar-refractivity contribution in [3.63, 3.8) is 0 Å². The Morgan fingerprint density at radius 2 is 1.81 bits per heavy atom. The monoisotopic (exact) mass is 351 g/mol. The van der Waals surface area contributed by atoms with Gasteiger partial charge in [0.1, 0.15) is 0 Å². The number of carbonyl (C=O) groups is 2. The Morgan fingerprint density at radius 3 is 2.42 bits per heavy atom. The number of hydrogen-bond donors (Lipinski definition) is 2. The molecule has 1 heterocycles. The molecule has 0 radical (unpaired) electrons. The lowest BCUT2D eigenvalue weighted by Crippen LogP contribution is -2.42. The van der Waals surface area contributed by atoms with Crippen LogP contribution in [0, 0.1) is 0 Å². The molecule has 2 aromatic rings. The van der Waals surface area contributed by atoms with Crippen LogP contribution in [0.4, 0.5) is 5.69 Å². The van der Waals surface area contributed by atoms with Gasteiger partial charge in [-0.3, -0.25) is 9.59 Å². The number of carbonyl (C=O) groups excluding carboxylic acids is 2. The van der Waals surface area contributed by atoms with Crippen molar-refractivity contribution in [3.8, 4) is 0 Å². The fourth-order valence-corrected chi connectivity index (χ4v) is 3.25. The van der Waals surface area contributed by atoms with E-state index >= 15 is 0 Å². The third-order valence-corrected chi connectivity index (χ3v) is 4.63. The van der Waals surface area contributed by atoms with Crippen LogP contribution in [0.5, 0.6) is 0 Å². The van der Waals surface area contributed by atoms with Gasteiger partial charge < -0.3 is 15.5 Å². The SMILES string of the molecule is CCCN(C(=O)c1ccc(NC(=O)c2ccccc2)cc1)C1CCNC1. The predicted molar refractivity (Wildman–Crippen MR) is 103 cm³/mol. The van der Waals surface area contributed by atoms with Crippen LogP contribution in [0.2, 0.25) is 0 Å². The lowest BCUT2D eigenvalue weighted by molar-refractivity contribution is 0.0692. The van der Waals surface area contributed by atoms with Gasteiger partial charge in [0, 0.05) is 35.9 Å². The fourth-order valence-electron chi connectivity index (χ4n) is 3.25. The minimum absolute atomic E-state index is 0.0569. The Bertz CT molecular complexity index is 738. The fraction of sp³-hybridized carbons (Fsp3) is 0.333. The highest BCUT2D eigenvalue weighted by molar-refractivity contribution is 6.04. The van der Waals surface area contributed by atoms with Crippen LogP contribution in [-0.2, 0) is 0 Å². The zero-order chi connectivity index (χ0) is 18.4. The van der Waals surface area contributed by atoms with Crippen molar-refractivity contribution in [2.75, 3.05) is 25.0 Å². The molecule has 3 rings (SSSR count). The van der Waals surface area contributed by atoms with Crippen molar-refractivity contribution < 1.29 is 9.59 Å². The Balaban J connectivity index is 1.68. The van der Waals surface area contributed by atoms with Crippen LogP contribution in [0.25, 0.3) is 0 Å². The van der Waals surface area contributed by atoms with Crippen LogP contribution in [-0.4, -0.2) is 42.4 Å². The van der Waals surface area contributed by atoms with E-state index in [0.717, 1.165) is 32.5 Å². The largest absolute Gasteiger partial charge is 0.334 e. The molecule has 0 saturated carbocycles. The van der Waals surface area contributed by atoms with E-state index in [1.807, 2.05) is 23.1 Å². The van der Waals surface area contributed by atoms with E-state index in [0.29, 0.717) is 16.8 Å². The second-order valence-corrected chi connectivity index (χ2v) is 6.54. The molecule has 1 fully saturated rings. The third-order valence-electron chi connectivity index (χ3n) is 4.63. The highest BCUT2D eigenvalue weighted by Crippen LogP contribution is 2.17. The minimum atomic E-state index is -0.158. The summed E-state index contributed by atoms with van der Waals surface area (Å²) in [6, 6.07) is 16.5. The molecule has 1 aliphatic rings. The summed E-state index contributed by atoms with van der Waals surface area (Å²) in [4.78, 5) is 27.1. The normalized spacial score (nSPS) is 16.3. The third kappa shape index (κ3) is 4.29. The summed E-state index contributed by atoms with van der Waals surface area (Å²) < 4.78 is 0. The Morgan fingerprint density at radius 1 is 1.08 bits per heavy atom. The van der Waals surface area contributed by atoms with Gasteiger partial charge in [-0.1, -0.05) is 25.1 Å². The maximum Gasteiger partial charge on any atom is 0.255 e. The molecular formula is C21H25N3O2. The van der Waals surface area contributed by atoms with Gasteiger partial charge in [-0.2, -0.15) is 0 Å². The summed E-state index contributed by atoms with van der Waals surface area (Å²) in [6.45, 7) is 4.67. The van der Waals surface area contributed by atoms with Crippen molar-refractivity contribution in [3.05, 3.63) is 65.7 Å². The molecule has 136 valence electrons. The lowest BCUT2D eigenvalue weighted by atomic mass is 10.1. The van der Waals surface area contributed by atoms with E-state index in [-0.39, 0.29) is 17.9 Å². The number of amides is 2. The summed E-state index contributed by atoms with van der Waals surface area (Å²) >= 11 is 0. The number of nitrogens with zero attached hydrogens (tertiary/aromatic N) is 1. The summed E-state index contributed by atoms with van der Waals surface area (Å²) in [6.07, 6.45) is 1.93. The molecule has 0 aromatic heterocycles. The van der Waals surface area contributed by atoms with Gasteiger partial charge in [0.05, 0.1) is 0 Å². The highest BCUT2D eigenvalue weighted by atomic mass is 16.2. The van der Waals surface area contributed by atoms with E-state index in [9.17, 15) is 9.59 Å². The smallest absolute Gasteiger partial charge is 0.255 e. The second kappa shape index (κ2) is 8.63. The molecule has 5 heteroatoms. The van der Waals surface area contributed by atoms with Gasteiger partial charge >= 0.3 is 0 Å². The zero-order valence-corrected chi connectivity index (χ0v) is 15.1. The Hall–Kier alpha value is -2.66. The van der Waals surface area contributed by atoms with Crippen molar-refractivity contribution >= 4 is 17.5 Å². The molecule has 1 aliphatic heterocycles. The van der Waals surface area contributed by atoms with Crippen LogP contribution in [0.15, 0.2) is 54.6 Å².